The Morgan fingerprint density at radius 1 is 1.48 bits per heavy atom. The molecule has 2 atom stereocenters. The number of nitrogens with two attached hydrogens (primary N) is 1. The van der Waals surface area contributed by atoms with Gasteiger partial charge in [0.15, 0.2) is 11.5 Å². The SMILES string of the molecule is CCC(N)Cc1cc(Cl)c(OC2CCCOC2)c(OC)c1. The molecule has 1 aromatic carbocycles. The van der Waals surface area contributed by atoms with Crippen LogP contribution in [0.4, 0.5) is 0 Å². The van der Waals surface area contributed by atoms with Crippen molar-refractivity contribution in [1.82, 2.24) is 0 Å². The first-order valence-electron chi connectivity index (χ1n) is 7.50. The van der Waals surface area contributed by atoms with Crippen molar-refractivity contribution >= 4 is 11.6 Å². The van der Waals surface area contributed by atoms with E-state index < -0.39 is 0 Å². The molecule has 1 heterocycles. The minimum atomic E-state index is 0.0360. The first-order valence-corrected chi connectivity index (χ1v) is 7.88. The monoisotopic (exact) mass is 313 g/mol. The lowest BCUT2D eigenvalue weighted by molar-refractivity contribution is 0.00648. The van der Waals surface area contributed by atoms with Crippen LogP contribution >= 0.6 is 11.6 Å². The summed E-state index contributed by atoms with van der Waals surface area (Å²) in [6.45, 7) is 3.48. The molecule has 0 saturated carbocycles. The zero-order valence-corrected chi connectivity index (χ0v) is 13.5. The highest BCUT2D eigenvalue weighted by Gasteiger charge is 2.20. The van der Waals surface area contributed by atoms with E-state index >= 15 is 0 Å². The Labute approximate surface area is 131 Å². The molecule has 4 nitrogen and oxygen atoms in total. The van der Waals surface area contributed by atoms with E-state index in [9.17, 15) is 0 Å². The highest BCUT2D eigenvalue weighted by atomic mass is 35.5. The number of methoxy groups -OCH3 is 1. The molecule has 1 aromatic rings. The van der Waals surface area contributed by atoms with E-state index in [-0.39, 0.29) is 12.1 Å². The lowest BCUT2D eigenvalue weighted by Gasteiger charge is -2.25. The Kier molecular flexibility index (Phi) is 6.15. The average molecular weight is 314 g/mol. The summed E-state index contributed by atoms with van der Waals surface area (Å²) in [7, 11) is 1.62. The fourth-order valence-corrected chi connectivity index (χ4v) is 2.70. The Hall–Kier alpha value is -0.970. The van der Waals surface area contributed by atoms with Crippen LogP contribution in [-0.2, 0) is 11.2 Å². The zero-order valence-electron chi connectivity index (χ0n) is 12.7. The third kappa shape index (κ3) is 4.50. The fourth-order valence-electron chi connectivity index (χ4n) is 2.42. The summed E-state index contributed by atoms with van der Waals surface area (Å²) in [5, 5.41) is 0.568. The standard InChI is InChI=1S/C16H24ClNO3/c1-3-12(18)7-11-8-14(17)16(15(9-11)19-2)21-13-5-4-6-20-10-13/h8-9,12-13H,3-7,10,18H2,1-2H3. The maximum Gasteiger partial charge on any atom is 0.180 e. The van der Waals surface area contributed by atoms with Gasteiger partial charge < -0.3 is 19.9 Å². The Morgan fingerprint density at radius 3 is 2.90 bits per heavy atom. The summed E-state index contributed by atoms with van der Waals surface area (Å²) in [4.78, 5) is 0. The van der Waals surface area contributed by atoms with Crippen molar-refractivity contribution < 1.29 is 14.2 Å². The maximum absolute atomic E-state index is 6.37. The molecule has 2 rings (SSSR count). The molecule has 0 aliphatic carbocycles. The van der Waals surface area contributed by atoms with Gasteiger partial charge in [-0.1, -0.05) is 18.5 Å². The average Bonchev–Trinajstić information content (AvgIpc) is 2.50. The molecule has 0 radical (unpaired) electrons. The van der Waals surface area contributed by atoms with Crippen molar-refractivity contribution in [2.75, 3.05) is 20.3 Å². The van der Waals surface area contributed by atoms with Crippen LogP contribution < -0.4 is 15.2 Å². The topological polar surface area (TPSA) is 53.7 Å². The van der Waals surface area contributed by atoms with E-state index in [0.717, 1.165) is 37.9 Å². The van der Waals surface area contributed by atoms with E-state index in [2.05, 4.69) is 6.92 Å². The number of hydrogen-bond donors (Lipinski definition) is 1. The van der Waals surface area contributed by atoms with Crippen LogP contribution in [0.1, 0.15) is 31.7 Å². The Bertz CT molecular complexity index is 461. The van der Waals surface area contributed by atoms with Gasteiger partial charge in [-0.25, -0.2) is 0 Å². The molecule has 5 heteroatoms. The molecule has 1 fully saturated rings. The fraction of sp³-hybridized carbons (Fsp3) is 0.625. The van der Waals surface area contributed by atoms with Gasteiger partial charge in [0.25, 0.3) is 0 Å². The van der Waals surface area contributed by atoms with Crippen molar-refractivity contribution in [3.63, 3.8) is 0 Å². The Morgan fingerprint density at radius 2 is 2.29 bits per heavy atom. The second kappa shape index (κ2) is 7.87. The highest BCUT2D eigenvalue weighted by molar-refractivity contribution is 6.32. The predicted molar refractivity (Wildman–Crippen MR) is 84.4 cm³/mol. The molecule has 2 unspecified atom stereocenters. The van der Waals surface area contributed by atoms with E-state index in [1.54, 1.807) is 7.11 Å². The number of rotatable bonds is 6. The van der Waals surface area contributed by atoms with Gasteiger partial charge in [-0.15, -0.1) is 0 Å². The van der Waals surface area contributed by atoms with Gasteiger partial charge >= 0.3 is 0 Å². The van der Waals surface area contributed by atoms with Crippen LogP contribution in [0.3, 0.4) is 0 Å². The van der Waals surface area contributed by atoms with Crippen molar-refractivity contribution in [2.24, 2.45) is 5.73 Å². The third-order valence-electron chi connectivity index (χ3n) is 3.71. The molecular weight excluding hydrogens is 290 g/mol. The molecule has 21 heavy (non-hydrogen) atoms. The highest BCUT2D eigenvalue weighted by Crippen LogP contribution is 2.38. The van der Waals surface area contributed by atoms with Crippen molar-refractivity contribution in [2.45, 2.75) is 44.8 Å². The molecule has 1 aliphatic heterocycles. The normalized spacial score (nSPS) is 20.1. The van der Waals surface area contributed by atoms with Crippen LogP contribution in [-0.4, -0.2) is 32.5 Å². The lowest BCUT2D eigenvalue weighted by Crippen LogP contribution is -2.28. The first kappa shape index (κ1) is 16.4. The molecule has 0 aromatic heterocycles. The van der Waals surface area contributed by atoms with E-state index in [1.807, 2.05) is 12.1 Å². The van der Waals surface area contributed by atoms with Crippen molar-refractivity contribution in [3.05, 3.63) is 22.7 Å². The van der Waals surface area contributed by atoms with Gasteiger partial charge in [0, 0.05) is 12.6 Å². The maximum atomic E-state index is 6.37. The van der Waals surface area contributed by atoms with Crippen LogP contribution in [0.25, 0.3) is 0 Å². The van der Waals surface area contributed by atoms with Crippen molar-refractivity contribution in [1.29, 1.82) is 0 Å². The minimum absolute atomic E-state index is 0.0360. The summed E-state index contributed by atoms with van der Waals surface area (Å²) >= 11 is 6.37. The van der Waals surface area contributed by atoms with Crippen LogP contribution in [0.2, 0.25) is 5.02 Å². The number of benzene rings is 1. The largest absolute Gasteiger partial charge is 0.493 e. The van der Waals surface area contributed by atoms with Gasteiger partial charge in [0.05, 0.1) is 18.7 Å². The smallest absolute Gasteiger partial charge is 0.180 e. The molecule has 1 saturated heterocycles. The third-order valence-corrected chi connectivity index (χ3v) is 4.00. The summed E-state index contributed by atoms with van der Waals surface area (Å²) in [5.74, 6) is 1.26. The molecule has 2 N–H and O–H groups in total. The second-order valence-corrected chi connectivity index (χ2v) is 5.85. The van der Waals surface area contributed by atoms with Crippen LogP contribution in [0, 0.1) is 0 Å². The van der Waals surface area contributed by atoms with Gasteiger partial charge in [-0.05, 0) is 43.4 Å². The van der Waals surface area contributed by atoms with E-state index in [1.165, 1.54) is 0 Å². The summed E-state index contributed by atoms with van der Waals surface area (Å²) in [5.41, 5.74) is 7.07. The minimum Gasteiger partial charge on any atom is -0.493 e. The van der Waals surface area contributed by atoms with Crippen LogP contribution in [0.15, 0.2) is 12.1 Å². The number of hydrogen-bond acceptors (Lipinski definition) is 4. The molecule has 118 valence electrons. The molecule has 0 spiro atoms. The molecule has 1 aliphatic rings. The summed E-state index contributed by atoms with van der Waals surface area (Å²) in [6.07, 6.45) is 3.72. The van der Waals surface area contributed by atoms with E-state index in [4.69, 9.17) is 31.5 Å². The number of ether oxygens (including phenoxy) is 3. The lowest BCUT2D eigenvalue weighted by atomic mass is 10.0. The van der Waals surface area contributed by atoms with Crippen LogP contribution in [0.5, 0.6) is 11.5 Å². The molecular formula is C16H24ClNO3. The molecule has 0 amide bonds. The molecule has 0 bridgehead atoms. The van der Waals surface area contributed by atoms with Gasteiger partial charge in [0.1, 0.15) is 6.10 Å². The van der Waals surface area contributed by atoms with Gasteiger partial charge in [-0.3, -0.25) is 0 Å². The Balaban J connectivity index is 2.16. The quantitative estimate of drug-likeness (QED) is 0.876. The number of halogens is 1. The van der Waals surface area contributed by atoms with E-state index in [0.29, 0.717) is 23.1 Å². The van der Waals surface area contributed by atoms with Crippen molar-refractivity contribution in [3.8, 4) is 11.5 Å². The zero-order chi connectivity index (χ0) is 15.2. The van der Waals surface area contributed by atoms with Gasteiger partial charge in [-0.2, -0.15) is 0 Å². The summed E-state index contributed by atoms with van der Waals surface area (Å²) < 4.78 is 16.8. The first-order chi connectivity index (χ1) is 10.1. The summed E-state index contributed by atoms with van der Waals surface area (Å²) in [6, 6.07) is 4.00. The van der Waals surface area contributed by atoms with Gasteiger partial charge in [0.2, 0.25) is 0 Å². The second-order valence-electron chi connectivity index (χ2n) is 5.44. The predicted octanol–water partition coefficient (Wildman–Crippen LogP) is 3.19.